The fourth-order valence-corrected chi connectivity index (χ4v) is 5.26. The zero-order chi connectivity index (χ0) is 22.3. The molecule has 0 saturated carbocycles. The Morgan fingerprint density at radius 1 is 1.03 bits per heavy atom. The Kier molecular flexibility index (Phi) is 6.09. The van der Waals surface area contributed by atoms with Crippen LogP contribution >= 0.6 is 11.6 Å². The summed E-state index contributed by atoms with van der Waals surface area (Å²) in [6.45, 7) is 9.24. The Morgan fingerprint density at radius 2 is 1.71 bits per heavy atom. The van der Waals surface area contributed by atoms with E-state index in [2.05, 4.69) is 4.90 Å². The maximum absolute atomic E-state index is 13.1. The largest absolute Gasteiger partial charge is 0.370 e. The van der Waals surface area contributed by atoms with Gasteiger partial charge in [0.1, 0.15) is 0 Å². The molecular weight excluding hydrogens is 410 g/mol. The van der Waals surface area contributed by atoms with Crippen molar-refractivity contribution < 1.29 is 9.59 Å². The number of halogens is 1. The molecule has 0 spiro atoms. The van der Waals surface area contributed by atoms with Crippen LogP contribution in [0.4, 0.5) is 0 Å². The van der Waals surface area contributed by atoms with Gasteiger partial charge in [0, 0.05) is 49.2 Å². The Balaban J connectivity index is 1.48. The Labute approximate surface area is 189 Å². The van der Waals surface area contributed by atoms with E-state index in [0.29, 0.717) is 16.9 Å². The van der Waals surface area contributed by atoms with Crippen molar-refractivity contribution in [2.75, 3.05) is 26.2 Å². The molecule has 2 aliphatic rings. The first kappa shape index (κ1) is 21.8. The number of benzene rings is 2. The van der Waals surface area contributed by atoms with Crippen LogP contribution in [0.1, 0.15) is 45.1 Å². The minimum absolute atomic E-state index is 0.0793. The van der Waals surface area contributed by atoms with Gasteiger partial charge in [-0.05, 0) is 67.0 Å². The smallest absolute Gasteiger partial charge is 0.254 e. The molecule has 2 fully saturated rings. The SMILES string of the molecule is Cc1ccc(C(CC(N)=O)N2CC3CN(C(=O)c4cccc(C)c4C)CC3C2)cc1Cl. The number of carbonyl (C=O) groups excluding carboxylic acids is 2. The van der Waals surface area contributed by atoms with Crippen molar-refractivity contribution in [2.45, 2.75) is 33.2 Å². The molecule has 2 aliphatic heterocycles. The summed E-state index contributed by atoms with van der Waals surface area (Å²) >= 11 is 6.35. The van der Waals surface area contributed by atoms with Gasteiger partial charge in [0.05, 0.1) is 0 Å². The number of fused-ring (bicyclic) bond motifs is 1. The van der Waals surface area contributed by atoms with Crippen molar-refractivity contribution in [2.24, 2.45) is 17.6 Å². The first-order chi connectivity index (χ1) is 14.7. The second-order valence-corrected chi connectivity index (χ2v) is 9.53. The third-order valence-electron chi connectivity index (χ3n) is 7.05. The maximum atomic E-state index is 13.1. The molecule has 4 rings (SSSR count). The van der Waals surface area contributed by atoms with Crippen LogP contribution in [0.25, 0.3) is 0 Å². The lowest BCUT2D eigenvalue weighted by Gasteiger charge is -2.29. The van der Waals surface area contributed by atoms with Gasteiger partial charge >= 0.3 is 0 Å². The fraction of sp³-hybridized carbons (Fsp3) is 0.440. The van der Waals surface area contributed by atoms with Crippen LogP contribution in [0.3, 0.4) is 0 Å². The highest BCUT2D eigenvalue weighted by molar-refractivity contribution is 6.31. The highest BCUT2D eigenvalue weighted by Crippen LogP contribution is 2.38. The van der Waals surface area contributed by atoms with Crippen LogP contribution in [0.15, 0.2) is 36.4 Å². The summed E-state index contributed by atoms with van der Waals surface area (Å²) in [5.41, 5.74) is 10.6. The van der Waals surface area contributed by atoms with Gasteiger partial charge in [0.25, 0.3) is 5.91 Å². The van der Waals surface area contributed by atoms with Gasteiger partial charge in [0.15, 0.2) is 0 Å². The number of primary amides is 1. The van der Waals surface area contributed by atoms with E-state index in [-0.39, 0.29) is 24.3 Å². The molecule has 0 radical (unpaired) electrons. The third-order valence-corrected chi connectivity index (χ3v) is 7.46. The molecule has 2 N–H and O–H groups in total. The van der Waals surface area contributed by atoms with E-state index in [1.807, 2.05) is 62.1 Å². The molecule has 2 saturated heterocycles. The van der Waals surface area contributed by atoms with Gasteiger partial charge < -0.3 is 10.6 Å². The normalized spacial score (nSPS) is 21.9. The minimum atomic E-state index is -0.314. The first-order valence-electron chi connectivity index (χ1n) is 10.9. The van der Waals surface area contributed by atoms with E-state index in [1.165, 1.54) is 0 Å². The molecule has 2 amide bonds. The zero-order valence-corrected chi connectivity index (χ0v) is 19.2. The van der Waals surface area contributed by atoms with E-state index in [0.717, 1.165) is 54.0 Å². The molecule has 2 aromatic carbocycles. The highest BCUT2D eigenvalue weighted by Gasteiger charge is 2.44. The number of nitrogens with zero attached hydrogens (tertiary/aromatic N) is 2. The summed E-state index contributed by atoms with van der Waals surface area (Å²) in [6.07, 6.45) is 0.268. The summed E-state index contributed by atoms with van der Waals surface area (Å²) in [4.78, 5) is 29.3. The molecule has 5 nitrogen and oxygen atoms in total. The van der Waals surface area contributed by atoms with Crippen molar-refractivity contribution in [3.05, 3.63) is 69.2 Å². The van der Waals surface area contributed by atoms with E-state index in [9.17, 15) is 9.59 Å². The Hall–Kier alpha value is -2.37. The maximum Gasteiger partial charge on any atom is 0.254 e. The van der Waals surface area contributed by atoms with E-state index in [1.54, 1.807) is 0 Å². The Morgan fingerprint density at radius 3 is 2.32 bits per heavy atom. The molecule has 6 heteroatoms. The number of nitrogens with two attached hydrogens (primary N) is 1. The molecular formula is C25H30ClN3O2. The van der Waals surface area contributed by atoms with Crippen LogP contribution in [-0.2, 0) is 4.79 Å². The molecule has 3 unspecified atom stereocenters. The molecule has 0 bridgehead atoms. The molecule has 3 atom stereocenters. The summed E-state index contributed by atoms with van der Waals surface area (Å²) in [7, 11) is 0. The third kappa shape index (κ3) is 4.35. The molecule has 2 aromatic rings. The summed E-state index contributed by atoms with van der Waals surface area (Å²) < 4.78 is 0. The first-order valence-corrected chi connectivity index (χ1v) is 11.3. The quantitative estimate of drug-likeness (QED) is 0.768. The number of rotatable bonds is 5. The van der Waals surface area contributed by atoms with Crippen molar-refractivity contribution >= 4 is 23.4 Å². The number of hydrogen-bond donors (Lipinski definition) is 1. The lowest BCUT2D eigenvalue weighted by atomic mass is 10.0. The molecule has 0 aromatic heterocycles. The fourth-order valence-electron chi connectivity index (χ4n) is 5.07. The minimum Gasteiger partial charge on any atom is -0.370 e. The van der Waals surface area contributed by atoms with Gasteiger partial charge in [-0.15, -0.1) is 0 Å². The van der Waals surface area contributed by atoms with Crippen molar-refractivity contribution in [1.82, 2.24) is 9.80 Å². The zero-order valence-electron chi connectivity index (χ0n) is 18.4. The number of carbonyl (C=O) groups is 2. The van der Waals surface area contributed by atoms with Gasteiger partial charge in [-0.2, -0.15) is 0 Å². The Bertz CT molecular complexity index is 1010. The van der Waals surface area contributed by atoms with Gasteiger partial charge in [-0.1, -0.05) is 35.9 Å². The summed E-state index contributed by atoms with van der Waals surface area (Å²) in [5.74, 6) is 0.627. The monoisotopic (exact) mass is 439 g/mol. The van der Waals surface area contributed by atoms with Gasteiger partial charge in [-0.25, -0.2) is 0 Å². The van der Waals surface area contributed by atoms with Crippen LogP contribution in [0.2, 0.25) is 5.02 Å². The lowest BCUT2D eigenvalue weighted by Crippen LogP contribution is -2.36. The van der Waals surface area contributed by atoms with E-state index in [4.69, 9.17) is 17.3 Å². The number of aryl methyl sites for hydroxylation is 2. The van der Waals surface area contributed by atoms with Crippen molar-refractivity contribution in [1.29, 1.82) is 0 Å². The van der Waals surface area contributed by atoms with Crippen LogP contribution in [-0.4, -0.2) is 47.8 Å². The molecule has 2 heterocycles. The van der Waals surface area contributed by atoms with E-state index >= 15 is 0 Å². The van der Waals surface area contributed by atoms with Crippen molar-refractivity contribution in [3.8, 4) is 0 Å². The highest BCUT2D eigenvalue weighted by atomic mass is 35.5. The second-order valence-electron chi connectivity index (χ2n) is 9.13. The predicted octanol–water partition coefficient (Wildman–Crippen LogP) is 3.89. The topological polar surface area (TPSA) is 66.6 Å². The molecule has 164 valence electrons. The molecule has 31 heavy (non-hydrogen) atoms. The lowest BCUT2D eigenvalue weighted by molar-refractivity contribution is -0.119. The van der Waals surface area contributed by atoms with Gasteiger partial charge in [-0.3, -0.25) is 14.5 Å². The van der Waals surface area contributed by atoms with Crippen molar-refractivity contribution in [3.63, 3.8) is 0 Å². The number of likely N-dealkylation sites (tertiary alicyclic amines) is 2. The average molecular weight is 440 g/mol. The summed E-state index contributed by atoms with van der Waals surface area (Å²) in [5, 5.41) is 0.705. The van der Waals surface area contributed by atoms with Crippen LogP contribution in [0, 0.1) is 32.6 Å². The summed E-state index contributed by atoms with van der Waals surface area (Å²) in [6, 6.07) is 11.8. The standard InChI is InChI=1S/C25H30ClN3O2/c1-15-5-4-6-21(17(15)3)25(31)29-13-19-11-28(12-20(19)14-29)23(10-24(27)30)18-8-7-16(2)22(26)9-18/h4-9,19-20,23H,10-14H2,1-3H3,(H2,27,30). The van der Waals surface area contributed by atoms with Crippen LogP contribution < -0.4 is 5.73 Å². The number of amides is 2. The second kappa shape index (κ2) is 8.64. The van der Waals surface area contributed by atoms with E-state index < -0.39 is 0 Å². The number of hydrogen-bond acceptors (Lipinski definition) is 3. The van der Waals surface area contributed by atoms with Crippen LogP contribution in [0.5, 0.6) is 0 Å². The predicted molar refractivity (Wildman–Crippen MR) is 123 cm³/mol. The average Bonchev–Trinajstić information content (AvgIpc) is 3.29. The molecule has 0 aliphatic carbocycles. The van der Waals surface area contributed by atoms with Gasteiger partial charge in [0.2, 0.25) is 5.91 Å².